The van der Waals surface area contributed by atoms with Crippen molar-refractivity contribution in [2.75, 3.05) is 6.54 Å². The van der Waals surface area contributed by atoms with Gasteiger partial charge in [-0.25, -0.2) is 0 Å². The molecule has 17 heavy (non-hydrogen) atoms. The second kappa shape index (κ2) is 8.30. The molecule has 0 aliphatic heterocycles. The lowest BCUT2D eigenvalue weighted by Crippen LogP contribution is -2.21. The Morgan fingerprint density at radius 3 is 2.29 bits per heavy atom. The molecule has 0 aliphatic rings. The number of benzene rings is 1. The van der Waals surface area contributed by atoms with Gasteiger partial charge >= 0.3 is 0 Å². The van der Waals surface area contributed by atoms with Crippen molar-refractivity contribution in [3.05, 3.63) is 35.9 Å². The Labute approximate surface area is 107 Å². The Morgan fingerprint density at radius 2 is 1.71 bits per heavy atom. The third-order valence-electron chi connectivity index (χ3n) is 3.38. The number of hydrogen-bond acceptors (Lipinski definition) is 1. The SMILES string of the molecule is CCCC(C)CCC(NCC)c1ccccc1. The number of rotatable bonds is 8. The van der Waals surface area contributed by atoms with E-state index in [0.717, 1.165) is 12.5 Å². The summed E-state index contributed by atoms with van der Waals surface area (Å²) in [6.45, 7) is 7.88. The molecule has 0 aromatic heterocycles. The van der Waals surface area contributed by atoms with E-state index in [-0.39, 0.29) is 0 Å². The van der Waals surface area contributed by atoms with Crippen molar-refractivity contribution in [1.29, 1.82) is 0 Å². The summed E-state index contributed by atoms with van der Waals surface area (Å²) in [7, 11) is 0. The molecule has 0 bridgehead atoms. The standard InChI is InChI=1S/C16H27N/c1-4-9-14(3)12-13-16(17-5-2)15-10-7-6-8-11-15/h6-8,10-11,14,16-17H,4-5,9,12-13H2,1-3H3. The molecule has 0 heterocycles. The van der Waals surface area contributed by atoms with E-state index in [1.807, 2.05) is 0 Å². The molecule has 1 heteroatoms. The van der Waals surface area contributed by atoms with E-state index >= 15 is 0 Å². The van der Waals surface area contributed by atoms with Crippen molar-refractivity contribution in [2.45, 2.75) is 52.5 Å². The first-order chi connectivity index (χ1) is 8.27. The van der Waals surface area contributed by atoms with Gasteiger partial charge in [0.2, 0.25) is 0 Å². The summed E-state index contributed by atoms with van der Waals surface area (Å²) in [6.07, 6.45) is 5.23. The Balaban J connectivity index is 2.49. The van der Waals surface area contributed by atoms with Crippen molar-refractivity contribution in [3.8, 4) is 0 Å². The predicted molar refractivity (Wildman–Crippen MR) is 76.2 cm³/mol. The van der Waals surface area contributed by atoms with Gasteiger partial charge in [-0.2, -0.15) is 0 Å². The maximum atomic E-state index is 3.60. The summed E-state index contributed by atoms with van der Waals surface area (Å²) in [6, 6.07) is 11.4. The van der Waals surface area contributed by atoms with E-state index in [0.29, 0.717) is 6.04 Å². The van der Waals surface area contributed by atoms with Gasteiger partial charge in [0.1, 0.15) is 0 Å². The van der Waals surface area contributed by atoms with Crippen molar-refractivity contribution in [2.24, 2.45) is 5.92 Å². The minimum absolute atomic E-state index is 0.528. The highest BCUT2D eigenvalue weighted by molar-refractivity contribution is 5.18. The molecular formula is C16H27N. The fraction of sp³-hybridized carbons (Fsp3) is 0.625. The molecule has 0 fully saturated rings. The third-order valence-corrected chi connectivity index (χ3v) is 3.38. The zero-order valence-corrected chi connectivity index (χ0v) is 11.6. The molecule has 1 rings (SSSR count). The molecule has 0 saturated carbocycles. The van der Waals surface area contributed by atoms with Gasteiger partial charge in [-0.3, -0.25) is 0 Å². The molecular weight excluding hydrogens is 206 g/mol. The molecule has 0 radical (unpaired) electrons. The maximum absolute atomic E-state index is 3.60. The summed E-state index contributed by atoms with van der Waals surface area (Å²) in [4.78, 5) is 0. The third kappa shape index (κ3) is 5.36. The van der Waals surface area contributed by atoms with Gasteiger partial charge in [0, 0.05) is 6.04 Å². The Hall–Kier alpha value is -0.820. The largest absolute Gasteiger partial charge is 0.310 e. The molecule has 1 aromatic rings. The summed E-state index contributed by atoms with van der Waals surface area (Å²) < 4.78 is 0. The van der Waals surface area contributed by atoms with Crippen LogP contribution in [-0.4, -0.2) is 6.54 Å². The second-order valence-electron chi connectivity index (χ2n) is 4.99. The van der Waals surface area contributed by atoms with Gasteiger partial charge in [0.05, 0.1) is 0 Å². The van der Waals surface area contributed by atoms with E-state index in [9.17, 15) is 0 Å². The van der Waals surface area contributed by atoms with Crippen LogP contribution in [0, 0.1) is 5.92 Å². The van der Waals surface area contributed by atoms with E-state index < -0.39 is 0 Å². The highest BCUT2D eigenvalue weighted by Gasteiger charge is 2.11. The van der Waals surface area contributed by atoms with Gasteiger partial charge in [-0.05, 0) is 30.9 Å². The lowest BCUT2D eigenvalue weighted by Gasteiger charge is -2.20. The van der Waals surface area contributed by atoms with Crippen LogP contribution in [0.3, 0.4) is 0 Å². The molecule has 1 N–H and O–H groups in total. The molecule has 0 amide bonds. The Kier molecular flexibility index (Phi) is 6.95. The summed E-state index contributed by atoms with van der Waals surface area (Å²) in [5.41, 5.74) is 1.43. The van der Waals surface area contributed by atoms with Gasteiger partial charge < -0.3 is 5.32 Å². The molecule has 1 nitrogen and oxygen atoms in total. The van der Waals surface area contributed by atoms with Crippen LogP contribution < -0.4 is 5.32 Å². The van der Waals surface area contributed by atoms with Gasteiger partial charge in [0.25, 0.3) is 0 Å². The summed E-state index contributed by atoms with van der Waals surface area (Å²) in [5, 5.41) is 3.60. The van der Waals surface area contributed by atoms with Crippen LogP contribution in [0.25, 0.3) is 0 Å². The van der Waals surface area contributed by atoms with Crippen LogP contribution in [-0.2, 0) is 0 Å². The predicted octanol–water partition coefficient (Wildman–Crippen LogP) is 4.55. The lowest BCUT2D eigenvalue weighted by molar-refractivity contribution is 0.411. The lowest BCUT2D eigenvalue weighted by atomic mass is 9.94. The minimum atomic E-state index is 0.528. The zero-order chi connectivity index (χ0) is 12.5. The second-order valence-corrected chi connectivity index (χ2v) is 4.99. The highest BCUT2D eigenvalue weighted by Crippen LogP contribution is 2.22. The van der Waals surface area contributed by atoms with Crippen molar-refractivity contribution < 1.29 is 0 Å². The topological polar surface area (TPSA) is 12.0 Å². The normalized spacial score (nSPS) is 14.5. The maximum Gasteiger partial charge on any atom is 0.0320 e. The molecule has 1 aromatic carbocycles. The van der Waals surface area contributed by atoms with E-state index in [1.54, 1.807) is 0 Å². The molecule has 2 atom stereocenters. The number of nitrogens with one attached hydrogen (secondary N) is 1. The van der Waals surface area contributed by atoms with Crippen LogP contribution in [0.4, 0.5) is 0 Å². The molecule has 2 unspecified atom stereocenters. The first-order valence-electron chi connectivity index (χ1n) is 7.06. The monoisotopic (exact) mass is 233 g/mol. The van der Waals surface area contributed by atoms with Crippen molar-refractivity contribution in [1.82, 2.24) is 5.32 Å². The van der Waals surface area contributed by atoms with Crippen molar-refractivity contribution in [3.63, 3.8) is 0 Å². The van der Waals surface area contributed by atoms with Crippen LogP contribution in [0.2, 0.25) is 0 Å². The van der Waals surface area contributed by atoms with Crippen LogP contribution in [0.5, 0.6) is 0 Å². The summed E-state index contributed by atoms with van der Waals surface area (Å²) in [5.74, 6) is 0.852. The quantitative estimate of drug-likeness (QED) is 0.694. The van der Waals surface area contributed by atoms with Crippen molar-refractivity contribution >= 4 is 0 Å². The van der Waals surface area contributed by atoms with Crippen LogP contribution in [0.15, 0.2) is 30.3 Å². The molecule has 0 saturated heterocycles. The first-order valence-corrected chi connectivity index (χ1v) is 7.06. The minimum Gasteiger partial charge on any atom is -0.310 e. The first kappa shape index (κ1) is 14.2. The van der Waals surface area contributed by atoms with Gasteiger partial charge in [0.15, 0.2) is 0 Å². The van der Waals surface area contributed by atoms with Crippen LogP contribution in [0.1, 0.15) is 58.1 Å². The number of hydrogen-bond donors (Lipinski definition) is 1. The van der Waals surface area contributed by atoms with Gasteiger partial charge in [-0.1, -0.05) is 63.9 Å². The molecule has 96 valence electrons. The molecule has 0 spiro atoms. The van der Waals surface area contributed by atoms with E-state index in [1.165, 1.54) is 31.2 Å². The average Bonchev–Trinajstić information content (AvgIpc) is 2.36. The van der Waals surface area contributed by atoms with E-state index in [4.69, 9.17) is 0 Å². The fourth-order valence-corrected chi connectivity index (χ4v) is 2.41. The highest BCUT2D eigenvalue weighted by atomic mass is 14.9. The van der Waals surface area contributed by atoms with E-state index in [2.05, 4.69) is 56.4 Å². The fourth-order valence-electron chi connectivity index (χ4n) is 2.41. The summed E-state index contributed by atoms with van der Waals surface area (Å²) >= 11 is 0. The molecule has 0 aliphatic carbocycles. The van der Waals surface area contributed by atoms with Gasteiger partial charge in [-0.15, -0.1) is 0 Å². The Morgan fingerprint density at radius 1 is 1.00 bits per heavy atom. The average molecular weight is 233 g/mol. The van der Waals surface area contributed by atoms with Crippen LogP contribution >= 0.6 is 0 Å². The smallest absolute Gasteiger partial charge is 0.0320 e. The Bertz CT molecular complexity index is 281. The zero-order valence-electron chi connectivity index (χ0n) is 11.6.